The molecule has 0 saturated carbocycles. The van der Waals surface area contributed by atoms with Gasteiger partial charge in [0.05, 0.1) is 0 Å². The molecule has 1 aromatic heterocycles. The smallest absolute Gasteiger partial charge is 0.191 e. The van der Waals surface area contributed by atoms with E-state index in [-0.39, 0.29) is 24.0 Å². The summed E-state index contributed by atoms with van der Waals surface area (Å²) in [4.78, 5) is 14.1. The molecule has 2 aromatic rings. The zero-order valence-corrected chi connectivity index (χ0v) is 22.2. The molecule has 2 N–H and O–H groups in total. The summed E-state index contributed by atoms with van der Waals surface area (Å²) in [5.74, 6) is 1.99. The van der Waals surface area contributed by atoms with E-state index in [9.17, 15) is 0 Å². The number of aliphatic imine (C=N–C) groups is 1. The fourth-order valence-corrected chi connectivity index (χ4v) is 4.66. The minimum absolute atomic E-state index is 0. The number of rotatable bonds is 6. The SMILES string of the molecule is CN=C(NCc1ccc(N2CCCCCC2)nc1)NC1CCN(Cc2ccccc2)CC1.I. The second-order valence-corrected chi connectivity index (χ2v) is 9.03. The molecule has 6 nitrogen and oxygen atoms in total. The minimum Gasteiger partial charge on any atom is -0.357 e. The van der Waals surface area contributed by atoms with E-state index in [1.54, 1.807) is 0 Å². The standard InChI is InChI=1S/C26H38N6.HI/c1-27-26(30-24-13-17-31(18-14-24)21-22-9-5-4-6-10-22)29-20-23-11-12-25(28-19-23)32-15-7-2-3-8-16-32;/h4-6,9-12,19,24H,2-3,7-8,13-18,20-21H2,1H3,(H2,27,29,30);1H. The number of hydrogen-bond donors (Lipinski definition) is 2. The predicted molar refractivity (Wildman–Crippen MR) is 148 cm³/mol. The molecule has 33 heavy (non-hydrogen) atoms. The van der Waals surface area contributed by atoms with Gasteiger partial charge in [-0.1, -0.05) is 49.2 Å². The summed E-state index contributed by atoms with van der Waals surface area (Å²) >= 11 is 0. The van der Waals surface area contributed by atoms with Gasteiger partial charge in [-0.05, 0) is 42.9 Å². The number of nitrogens with one attached hydrogen (secondary N) is 2. The van der Waals surface area contributed by atoms with Crippen molar-refractivity contribution in [3.05, 3.63) is 59.8 Å². The van der Waals surface area contributed by atoms with Gasteiger partial charge in [-0.2, -0.15) is 0 Å². The van der Waals surface area contributed by atoms with Gasteiger partial charge >= 0.3 is 0 Å². The molecule has 2 aliphatic heterocycles. The number of pyridine rings is 1. The monoisotopic (exact) mass is 562 g/mol. The van der Waals surface area contributed by atoms with Crippen molar-refractivity contribution in [1.29, 1.82) is 0 Å². The fraction of sp³-hybridized carbons (Fsp3) is 0.538. The second-order valence-electron chi connectivity index (χ2n) is 9.03. The lowest BCUT2D eigenvalue weighted by molar-refractivity contribution is 0.198. The molecule has 2 aliphatic rings. The van der Waals surface area contributed by atoms with Crippen molar-refractivity contribution < 1.29 is 0 Å². The van der Waals surface area contributed by atoms with Crippen LogP contribution in [0.3, 0.4) is 0 Å². The normalized spacial score (nSPS) is 18.3. The summed E-state index contributed by atoms with van der Waals surface area (Å²) in [6, 6.07) is 15.6. The first-order chi connectivity index (χ1) is 15.8. The Labute approximate surface area is 216 Å². The minimum atomic E-state index is 0. The number of likely N-dealkylation sites (tertiary alicyclic amines) is 1. The maximum atomic E-state index is 4.73. The third kappa shape index (κ3) is 8.14. The van der Waals surface area contributed by atoms with Crippen LogP contribution in [0.25, 0.3) is 0 Å². The molecule has 0 atom stereocenters. The molecular weight excluding hydrogens is 523 g/mol. The summed E-state index contributed by atoms with van der Waals surface area (Å²) in [6.07, 6.45) is 9.52. The quantitative estimate of drug-likeness (QED) is 0.311. The van der Waals surface area contributed by atoms with Crippen molar-refractivity contribution in [3.63, 3.8) is 0 Å². The van der Waals surface area contributed by atoms with E-state index in [0.29, 0.717) is 6.04 Å². The van der Waals surface area contributed by atoms with Gasteiger partial charge in [-0.3, -0.25) is 9.89 Å². The van der Waals surface area contributed by atoms with Gasteiger partial charge in [0.1, 0.15) is 5.82 Å². The van der Waals surface area contributed by atoms with Crippen LogP contribution >= 0.6 is 24.0 Å². The first-order valence-corrected chi connectivity index (χ1v) is 12.2. The molecule has 0 bridgehead atoms. The number of piperidine rings is 1. The van der Waals surface area contributed by atoms with Crippen LogP contribution in [0.5, 0.6) is 0 Å². The first-order valence-electron chi connectivity index (χ1n) is 12.2. The van der Waals surface area contributed by atoms with E-state index < -0.39 is 0 Å². The Kier molecular flexibility index (Phi) is 10.7. The highest BCUT2D eigenvalue weighted by Crippen LogP contribution is 2.17. The Bertz CT molecular complexity index is 826. The number of halogens is 1. The molecule has 4 rings (SSSR count). The van der Waals surface area contributed by atoms with Crippen LogP contribution in [-0.2, 0) is 13.1 Å². The van der Waals surface area contributed by atoms with E-state index in [1.165, 1.54) is 36.8 Å². The van der Waals surface area contributed by atoms with Crippen molar-refractivity contribution in [2.75, 3.05) is 38.1 Å². The zero-order valence-electron chi connectivity index (χ0n) is 19.9. The number of aromatic nitrogens is 1. The topological polar surface area (TPSA) is 55.8 Å². The maximum Gasteiger partial charge on any atom is 0.191 e. The van der Waals surface area contributed by atoms with Gasteiger partial charge in [0, 0.05) is 58.6 Å². The van der Waals surface area contributed by atoms with Crippen molar-refractivity contribution in [2.24, 2.45) is 4.99 Å². The van der Waals surface area contributed by atoms with Crippen LogP contribution in [0.1, 0.15) is 49.7 Å². The molecule has 2 saturated heterocycles. The van der Waals surface area contributed by atoms with Gasteiger partial charge < -0.3 is 15.5 Å². The van der Waals surface area contributed by atoms with Gasteiger partial charge in [-0.15, -0.1) is 24.0 Å². The lowest BCUT2D eigenvalue weighted by Crippen LogP contribution is -2.48. The average Bonchev–Trinajstić information content (AvgIpc) is 3.13. The van der Waals surface area contributed by atoms with E-state index in [1.807, 2.05) is 13.2 Å². The van der Waals surface area contributed by atoms with Crippen LogP contribution in [0.15, 0.2) is 53.7 Å². The van der Waals surface area contributed by atoms with E-state index in [2.05, 4.69) is 67.9 Å². The van der Waals surface area contributed by atoms with Crippen molar-refractivity contribution in [3.8, 4) is 0 Å². The molecule has 0 amide bonds. The second kappa shape index (κ2) is 13.7. The lowest BCUT2D eigenvalue weighted by Gasteiger charge is -2.33. The number of benzene rings is 1. The van der Waals surface area contributed by atoms with Crippen molar-refractivity contribution >= 4 is 35.8 Å². The molecule has 7 heteroatoms. The largest absolute Gasteiger partial charge is 0.357 e. The highest BCUT2D eigenvalue weighted by atomic mass is 127. The van der Waals surface area contributed by atoms with Crippen LogP contribution in [0.2, 0.25) is 0 Å². The van der Waals surface area contributed by atoms with Crippen LogP contribution in [-0.4, -0.2) is 55.1 Å². The highest BCUT2D eigenvalue weighted by molar-refractivity contribution is 14.0. The van der Waals surface area contributed by atoms with Gasteiger partial charge in [-0.25, -0.2) is 4.98 Å². The van der Waals surface area contributed by atoms with Crippen LogP contribution in [0.4, 0.5) is 5.82 Å². The zero-order chi connectivity index (χ0) is 22.0. The lowest BCUT2D eigenvalue weighted by atomic mass is 10.0. The van der Waals surface area contributed by atoms with E-state index in [0.717, 1.165) is 63.9 Å². The first kappa shape index (κ1) is 25.7. The van der Waals surface area contributed by atoms with Gasteiger partial charge in [0.25, 0.3) is 0 Å². The Hall–Kier alpha value is -1.87. The third-order valence-corrected chi connectivity index (χ3v) is 6.60. The van der Waals surface area contributed by atoms with Crippen LogP contribution < -0.4 is 15.5 Å². The Balaban J connectivity index is 0.00000306. The fourth-order valence-electron chi connectivity index (χ4n) is 4.66. The molecule has 0 spiro atoms. The average molecular weight is 563 g/mol. The summed E-state index contributed by atoms with van der Waals surface area (Å²) in [6.45, 7) is 6.27. The molecule has 180 valence electrons. The summed E-state index contributed by atoms with van der Waals surface area (Å²) in [7, 11) is 1.85. The number of guanidine groups is 1. The molecule has 0 aliphatic carbocycles. The Morgan fingerprint density at radius 3 is 2.30 bits per heavy atom. The Morgan fingerprint density at radius 1 is 0.939 bits per heavy atom. The molecular formula is C26H39IN6. The van der Waals surface area contributed by atoms with E-state index >= 15 is 0 Å². The number of nitrogens with zero attached hydrogens (tertiary/aromatic N) is 4. The molecule has 1 aromatic carbocycles. The van der Waals surface area contributed by atoms with Crippen molar-refractivity contribution in [2.45, 2.75) is 57.7 Å². The highest BCUT2D eigenvalue weighted by Gasteiger charge is 2.20. The Morgan fingerprint density at radius 2 is 1.67 bits per heavy atom. The molecule has 2 fully saturated rings. The van der Waals surface area contributed by atoms with Gasteiger partial charge in [0.15, 0.2) is 5.96 Å². The van der Waals surface area contributed by atoms with Gasteiger partial charge in [0.2, 0.25) is 0 Å². The molecule has 0 unspecified atom stereocenters. The molecule has 3 heterocycles. The maximum absolute atomic E-state index is 4.73. The summed E-state index contributed by atoms with van der Waals surface area (Å²) in [5, 5.41) is 7.08. The summed E-state index contributed by atoms with van der Waals surface area (Å²) in [5.41, 5.74) is 2.58. The third-order valence-electron chi connectivity index (χ3n) is 6.60. The predicted octanol–water partition coefficient (Wildman–Crippen LogP) is 4.41. The van der Waals surface area contributed by atoms with E-state index in [4.69, 9.17) is 4.98 Å². The van der Waals surface area contributed by atoms with Crippen molar-refractivity contribution in [1.82, 2.24) is 20.5 Å². The number of anilines is 1. The summed E-state index contributed by atoms with van der Waals surface area (Å²) < 4.78 is 0. The van der Waals surface area contributed by atoms with Crippen LogP contribution in [0, 0.1) is 0 Å². The number of hydrogen-bond acceptors (Lipinski definition) is 4. The molecule has 0 radical (unpaired) electrons.